The van der Waals surface area contributed by atoms with Crippen LogP contribution in [-0.2, 0) is 38.0 Å². The van der Waals surface area contributed by atoms with Gasteiger partial charge in [-0.3, -0.25) is 0 Å². The van der Waals surface area contributed by atoms with Crippen molar-refractivity contribution in [1.82, 2.24) is 0 Å². The molecule has 8 rings (SSSR count). The molecule has 21 atom stereocenters. The minimum Gasteiger partial charge on any atom is -0.458 e. The molecule has 8 aliphatic rings. The van der Waals surface area contributed by atoms with Gasteiger partial charge in [0, 0.05) is 30.8 Å². The molecule has 0 aromatic heterocycles. The van der Waals surface area contributed by atoms with Crippen LogP contribution in [0, 0.1) is 34.5 Å². The van der Waals surface area contributed by atoms with Crippen molar-refractivity contribution < 1.29 is 68.6 Å². The van der Waals surface area contributed by atoms with Gasteiger partial charge in [-0.1, -0.05) is 13.8 Å². The van der Waals surface area contributed by atoms with E-state index in [0.717, 1.165) is 44.1 Å². The van der Waals surface area contributed by atoms with Crippen LogP contribution < -0.4 is 0 Å². The molecule has 4 aliphatic heterocycles. The first-order valence-corrected chi connectivity index (χ1v) is 20.9. The molecule has 7 fully saturated rings. The maximum absolute atomic E-state index is 12.6. The molecular weight excluding hydrogens is 716 g/mol. The molecule has 0 amide bonds. The summed E-state index contributed by atoms with van der Waals surface area (Å²) < 4.78 is 42.1. The number of rotatable bonds is 7. The maximum atomic E-state index is 12.6. The summed E-state index contributed by atoms with van der Waals surface area (Å²) in [6.07, 6.45) is -1.51. The van der Waals surface area contributed by atoms with E-state index in [1.807, 2.05) is 13.8 Å². The van der Waals surface area contributed by atoms with Gasteiger partial charge in [-0.2, -0.15) is 0 Å². The van der Waals surface area contributed by atoms with Crippen LogP contribution >= 0.6 is 0 Å². The van der Waals surface area contributed by atoms with E-state index in [1.165, 1.54) is 0 Å². The van der Waals surface area contributed by atoms with Crippen molar-refractivity contribution in [3.8, 4) is 0 Å². The predicted molar refractivity (Wildman–Crippen MR) is 193 cm³/mol. The quantitative estimate of drug-likeness (QED) is 0.162. The number of carbonyl (C=O) groups is 1. The lowest BCUT2D eigenvalue weighted by molar-refractivity contribution is -0.336. The van der Waals surface area contributed by atoms with Crippen molar-refractivity contribution in [2.45, 2.75) is 197 Å². The first kappa shape index (κ1) is 40.5. The van der Waals surface area contributed by atoms with Crippen LogP contribution in [0.25, 0.3) is 0 Å². The number of carbonyl (C=O) groups excluding carboxylic acids is 1. The summed E-state index contributed by atoms with van der Waals surface area (Å²) in [6, 6.07) is 0. The summed E-state index contributed by atoms with van der Waals surface area (Å²) in [6.45, 7) is 9.90. The van der Waals surface area contributed by atoms with Gasteiger partial charge in [0.1, 0.15) is 24.9 Å². The van der Waals surface area contributed by atoms with E-state index in [2.05, 4.69) is 6.92 Å². The van der Waals surface area contributed by atoms with Crippen LogP contribution in [0.4, 0.5) is 0 Å². The minimum absolute atomic E-state index is 0.0452. The number of aliphatic hydroxyl groups is 6. The Labute approximate surface area is 323 Å². The third-order valence-corrected chi connectivity index (χ3v) is 16.0. The van der Waals surface area contributed by atoms with Crippen molar-refractivity contribution in [3.63, 3.8) is 0 Å². The topological polar surface area (TPSA) is 203 Å². The fraction of sp³-hybridized carbons (Fsp3) is 0.927. The molecule has 0 bridgehead atoms. The molecule has 0 aromatic rings. The summed E-state index contributed by atoms with van der Waals surface area (Å²) in [5.41, 5.74) is -0.892. The molecule has 4 saturated carbocycles. The van der Waals surface area contributed by atoms with Gasteiger partial charge in [-0.05, 0) is 107 Å². The highest BCUT2D eigenvalue weighted by molar-refractivity contribution is 5.85. The molecule has 55 heavy (non-hydrogen) atoms. The number of aliphatic hydroxyl groups excluding tert-OH is 5. The van der Waals surface area contributed by atoms with Crippen molar-refractivity contribution in [2.75, 3.05) is 6.61 Å². The highest BCUT2D eigenvalue weighted by atomic mass is 16.7. The van der Waals surface area contributed by atoms with E-state index in [-0.39, 0.29) is 61.1 Å². The zero-order chi connectivity index (χ0) is 39.2. The Morgan fingerprint density at radius 2 is 1.29 bits per heavy atom. The number of hydrogen-bond donors (Lipinski definition) is 6. The van der Waals surface area contributed by atoms with Crippen LogP contribution in [0.2, 0.25) is 0 Å². The number of fused-ring (bicyclic) bond motifs is 5. The van der Waals surface area contributed by atoms with Gasteiger partial charge >= 0.3 is 5.97 Å². The van der Waals surface area contributed by atoms with Crippen molar-refractivity contribution in [1.29, 1.82) is 0 Å². The summed E-state index contributed by atoms with van der Waals surface area (Å²) in [5.74, 6) is 0.204. The van der Waals surface area contributed by atoms with Crippen molar-refractivity contribution >= 4 is 5.97 Å². The molecule has 4 aliphatic carbocycles. The van der Waals surface area contributed by atoms with Gasteiger partial charge in [0.15, 0.2) is 18.9 Å². The Kier molecular flexibility index (Phi) is 11.1. The van der Waals surface area contributed by atoms with Gasteiger partial charge in [0.05, 0.1) is 54.4 Å². The first-order valence-electron chi connectivity index (χ1n) is 20.9. The molecule has 3 saturated heterocycles. The molecule has 312 valence electrons. The van der Waals surface area contributed by atoms with Gasteiger partial charge < -0.3 is 63.8 Å². The largest absolute Gasteiger partial charge is 0.458 e. The van der Waals surface area contributed by atoms with Gasteiger partial charge in [-0.15, -0.1) is 0 Å². The normalized spacial score (nSPS) is 55.5. The van der Waals surface area contributed by atoms with E-state index >= 15 is 0 Å². The lowest BCUT2D eigenvalue weighted by atomic mass is 9.42. The SMILES string of the molecule is C[C@H]1O[C@@H](O[C@@H]2[C@@H](O)C[C@@H](O[C@@H]3[C@@H](O)C[C@H](O[C@H]4CC[C@@]5(C)[C@@H](CC[C@@H]6[C@@H]5C[C@@H](O)[C@]5(C)[C@@H](C7=CC(=O)OC7)CC[C@]65O)C4)O[C@@H]3C)O[C@@H]2C)C[C@H](O)[C@@H]1O. The lowest BCUT2D eigenvalue weighted by Gasteiger charge is -2.65. The number of cyclic esters (lactones) is 1. The zero-order valence-corrected chi connectivity index (χ0v) is 32.9. The van der Waals surface area contributed by atoms with Gasteiger partial charge in [0.25, 0.3) is 0 Å². The van der Waals surface area contributed by atoms with E-state index < -0.39 is 90.9 Å². The second-order valence-electron chi connectivity index (χ2n) is 18.8. The summed E-state index contributed by atoms with van der Waals surface area (Å²) in [5, 5.41) is 66.9. The lowest BCUT2D eigenvalue weighted by Crippen LogP contribution is -2.67. The van der Waals surface area contributed by atoms with E-state index in [4.69, 9.17) is 33.2 Å². The Bertz CT molecular complexity index is 1410. The third kappa shape index (κ3) is 6.95. The summed E-state index contributed by atoms with van der Waals surface area (Å²) >= 11 is 0. The van der Waals surface area contributed by atoms with Crippen molar-refractivity contribution in [2.24, 2.45) is 34.5 Å². The summed E-state index contributed by atoms with van der Waals surface area (Å²) in [4.78, 5) is 11.9. The third-order valence-electron chi connectivity index (χ3n) is 16.0. The summed E-state index contributed by atoms with van der Waals surface area (Å²) in [7, 11) is 0. The van der Waals surface area contributed by atoms with Crippen LogP contribution in [-0.4, -0.2) is 135 Å². The standard InChI is InChI=1S/C41H64O14/c1-19-36(47)28(42)15-34(50-19)54-38-21(3)52-35(17-30(38)44)55-37-20(2)51-33(16-29(37)43)53-24-8-10-39(4)23(13-24)6-7-26-27(39)14-31(45)40(5)25(9-11-41(26,40)48)22-12-32(46)49-18-22/h12,19-21,23-31,33-38,42-45,47-48H,6-11,13-18H2,1-5H3/t19-,20-,21-,23+,24+,25-,26-,27+,28+,29+,30+,31-,33+,34+,35-,36-,37+,38+,39+,40+,41+/m1/s1. The van der Waals surface area contributed by atoms with Crippen molar-refractivity contribution in [3.05, 3.63) is 11.6 Å². The molecule has 0 radical (unpaired) electrons. The molecule has 0 aromatic carbocycles. The fourth-order valence-corrected chi connectivity index (χ4v) is 12.8. The minimum atomic E-state index is -1.01. The molecule has 0 spiro atoms. The predicted octanol–water partition coefficient (Wildman–Crippen LogP) is 2.22. The van der Waals surface area contributed by atoms with E-state index in [0.29, 0.717) is 18.8 Å². The van der Waals surface area contributed by atoms with Crippen LogP contribution in [0.5, 0.6) is 0 Å². The second kappa shape index (κ2) is 15.1. The Hall–Kier alpha value is -1.27. The van der Waals surface area contributed by atoms with E-state index in [9.17, 15) is 35.4 Å². The Morgan fingerprint density at radius 3 is 1.87 bits per heavy atom. The molecule has 6 N–H and O–H groups in total. The number of ether oxygens (including phenoxy) is 7. The van der Waals surface area contributed by atoms with E-state index in [1.54, 1.807) is 19.9 Å². The molecular formula is C41H64O14. The van der Waals surface area contributed by atoms with Crippen LogP contribution in [0.15, 0.2) is 11.6 Å². The molecule has 14 heteroatoms. The highest BCUT2D eigenvalue weighted by Gasteiger charge is 2.71. The van der Waals surface area contributed by atoms with Crippen LogP contribution in [0.3, 0.4) is 0 Å². The highest BCUT2D eigenvalue weighted by Crippen LogP contribution is 2.70. The number of hydrogen-bond acceptors (Lipinski definition) is 14. The Balaban J connectivity index is 0.837. The molecule has 14 nitrogen and oxygen atoms in total. The average Bonchev–Trinajstić information content (AvgIpc) is 3.67. The molecule has 0 unspecified atom stereocenters. The first-order chi connectivity index (χ1) is 26.0. The van der Waals surface area contributed by atoms with Crippen LogP contribution in [0.1, 0.15) is 105 Å². The molecule has 4 heterocycles. The zero-order valence-electron chi connectivity index (χ0n) is 32.9. The number of esters is 1. The fourth-order valence-electron chi connectivity index (χ4n) is 12.8. The average molecular weight is 781 g/mol. The van der Waals surface area contributed by atoms with Gasteiger partial charge in [-0.25, -0.2) is 4.79 Å². The smallest absolute Gasteiger partial charge is 0.331 e. The Morgan fingerprint density at radius 1 is 0.691 bits per heavy atom. The maximum Gasteiger partial charge on any atom is 0.331 e. The second-order valence-corrected chi connectivity index (χ2v) is 18.8. The van der Waals surface area contributed by atoms with Gasteiger partial charge in [0.2, 0.25) is 0 Å². The monoisotopic (exact) mass is 780 g/mol.